The van der Waals surface area contributed by atoms with Crippen LogP contribution >= 0.6 is 8.15 Å². The smallest absolute Gasteiger partial charge is 0.0922 e. The number of nitrogens with one attached hydrogen (secondary N) is 1. The van der Waals surface area contributed by atoms with E-state index >= 15 is 0 Å². The van der Waals surface area contributed by atoms with E-state index in [0.717, 1.165) is 19.5 Å². The highest BCUT2D eigenvalue weighted by atomic mass is 31.1. The Morgan fingerprint density at radius 1 is 1.00 bits per heavy atom. The molecule has 24 heavy (non-hydrogen) atoms. The summed E-state index contributed by atoms with van der Waals surface area (Å²) >= 11 is 0. The molecule has 1 aliphatic carbocycles. The van der Waals surface area contributed by atoms with Crippen molar-refractivity contribution in [2.24, 2.45) is 0 Å². The summed E-state index contributed by atoms with van der Waals surface area (Å²) in [7, 11) is -0.784. The van der Waals surface area contributed by atoms with Gasteiger partial charge in [0.25, 0.3) is 0 Å². The molecular formula is C21H24NOP. The van der Waals surface area contributed by atoms with Crippen molar-refractivity contribution in [3.8, 4) is 0 Å². The van der Waals surface area contributed by atoms with Gasteiger partial charge < -0.3 is 9.84 Å². The minimum absolute atomic E-state index is 0.159. The van der Waals surface area contributed by atoms with E-state index in [1.54, 1.807) is 0 Å². The summed E-state index contributed by atoms with van der Waals surface area (Å²) in [5, 5.41) is 6.03. The van der Waals surface area contributed by atoms with Crippen LogP contribution in [0.5, 0.6) is 0 Å². The lowest BCUT2D eigenvalue weighted by Gasteiger charge is -2.23. The zero-order chi connectivity index (χ0) is 16.6. The van der Waals surface area contributed by atoms with Crippen molar-refractivity contribution < 1.29 is 4.52 Å². The van der Waals surface area contributed by atoms with Crippen LogP contribution in [-0.2, 0) is 4.52 Å². The number of hydrogen-bond acceptors (Lipinski definition) is 2. The Balaban J connectivity index is 1.61. The highest BCUT2D eigenvalue weighted by Gasteiger charge is 2.18. The maximum absolute atomic E-state index is 6.45. The summed E-state index contributed by atoms with van der Waals surface area (Å²) in [5.74, 6) is 0. The van der Waals surface area contributed by atoms with E-state index in [1.807, 2.05) is 0 Å². The van der Waals surface area contributed by atoms with Crippen LogP contribution in [-0.4, -0.2) is 19.2 Å². The summed E-state index contributed by atoms with van der Waals surface area (Å²) in [6.45, 7) is 3.95. The Labute approximate surface area is 146 Å². The summed E-state index contributed by atoms with van der Waals surface area (Å²) in [6.07, 6.45) is 7.75. The van der Waals surface area contributed by atoms with Gasteiger partial charge in [-0.25, -0.2) is 0 Å². The van der Waals surface area contributed by atoms with Crippen LogP contribution < -0.4 is 15.9 Å². The quantitative estimate of drug-likeness (QED) is 0.737. The van der Waals surface area contributed by atoms with E-state index in [2.05, 4.69) is 91.1 Å². The van der Waals surface area contributed by atoms with E-state index in [4.69, 9.17) is 4.52 Å². The summed E-state index contributed by atoms with van der Waals surface area (Å²) < 4.78 is 6.45. The molecule has 0 saturated heterocycles. The normalized spacial score (nSPS) is 14.8. The lowest BCUT2D eigenvalue weighted by molar-refractivity contribution is 0.249. The van der Waals surface area contributed by atoms with Crippen LogP contribution in [0.15, 0.2) is 84.5 Å². The van der Waals surface area contributed by atoms with Crippen molar-refractivity contribution in [1.29, 1.82) is 0 Å². The molecule has 0 unspecified atom stereocenters. The minimum atomic E-state index is -0.784. The van der Waals surface area contributed by atoms with Crippen LogP contribution in [0.4, 0.5) is 0 Å². The second kappa shape index (κ2) is 8.94. The first-order chi connectivity index (χ1) is 11.8. The van der Waals surface area contributed by atoms with Crippen LogP contribution in [0.25, 0.3) is 0 Å². The molecule has 3 rings (SSSR count). The standard InChI is InChI=1S/C21H24NOP/c1-18(16-22-17-19-10-8-9-11-19)23-24(20-12-4-2-5-13-20)21-14-6-3-7-15-21/h2-10,12-15,18,22H,11,16-17H2,1H3/t18-/m0/s1. The van der Waals surface area contributed by atoms with Crippen molar-refractivity contribution in [3.05, 3.63) is 84.5 Å². The molecule has 0 bridgehead atoms. The second-order valence-electron chi connectivity index (χ2n) is 5.97. The molecule has 0 amide bonds. The number of benzene rings is 2. The van der Waals surface area contributed by atoms with Gasteiger partial charge in [-0.05, 0) is 13.3 Å². The predicted octanol–water partition coefficient (Wildman–Crippen LogP) is 3.92. The van der Waals surface area contributed by atoms with Crippen molar-refractivity contribution in [2.45, 2.75) is 19.4 Å². The van der Waals surface area contributed by atoms with Gasteiger partial charge in [0.15, 0.2) is 0 Å². The van der Waals surface area contributed by atoms with E-state index in [0.29, 0.717) is 0 Å². The Bertz CT molecular complexity index is 642. The largest absolute Gasteiger partial charge is 0.345 e. The molecule has 0 radical (unpaired) electrons. The highest BCUT2D eigenvalue weighted by molar-refractivity contribution is 7.68. The van der Waals surface area contributed by atoms with E-state index < -0.39 is 8.15 Å². The van der Waals surface area contributed by atoms with Crippen molar-refractivity contribution >= 4 is 18.8 Å². The fourth-order valence-electron chi connectivity index (χ4n) is 2.67. The monoisotopic (exact) mass is 337 g/mol. The van der Waals surface area contributed by atoms with Gasteiger partial charge in [0.2, 0.25) is 0 Å². The Kier molecular flexibility index (Phi) is 6.37. The first-order valence-corrected chi connectivity index (χ1v) is 9.71. The molecule has 0 fully saturated rings. The number of rotatable bonds is 8. The Hall–Kier alpha value is -1.73. The first-order valence-electron chi connectivity index (χ1n) is 8.45. The summed E-state index contributed by atoms with van der Waals surface area (Å²) in [4.78, 5) is 0. The topological polar surface area (TPSA) is 21.3 Å². The maximum Gasteiger partial charge on any atom is 0.0922 e. The molecule has 2 nitrogen and oxygen atoms in total. The second-order valence-corrected chi connectivity index (χ2v) is 7.80. The minimum Gasteiger partial charge on any atom is -0.345 e. The zero-order valence-corrected chi connectivity index (χ0v) is 15.0. The molecule has 2 aromatic carbocycles. The van der Waals surface area contributed by atoms with Gasteiger partial charge in [0, 0.05) is 23.7 Å². The van der Waals surface area contributed by atoms with Crippen LogP contribution in [0.3, 0.4) is 0 Å². The third-order valence-corrected chi connectivity index (χ3v) is 6.00. The van der Waals surface area contributed by atoms with Gasteiger partial charge >= 0.3 is 0 Å². The average molecular weight is 337 g/mol. The SMILES string of the molecule is C[C@@H](CNCC1=CC=CC1)OP(c1ccccc1)c1ccccc1. The zero-order valence-electron chi connectivity index (χ0n) is 14.1. The van der Waals surface area contributed by atoms with Crippen molar-refractivity contribution in [3.63, 3.8) is 0 Å². The molecule has 2 aromatic rings. The Morgan fingerprint density at radius 2 is 1.62 bits per heavy atom. The first kappa shape index (κ1) is 17.1. The van der Waals surface area contributed by atoms with Gasteiger partial charge in [0.1, 0.15) is 0 Å². The molecule has 1 N–H and O–H groups in total. The Morgan fingerprint density at radius 3 is 2.17 bits per heavy atom. The van der Waals surface area contributed by atoms with Crippen molar-refractivity contribution in [1.82, 2.24) is 5.32 Å². The molecular weight excluding hydrogens is 313 g/mol. The highest BCUT2D eigenvalue weighted by Crippen LogP contribution is 2.36. The summed E-state index contributed by atoms with van der Waals surface area (Å²) in [5.41, 5.74) is 1.44. The lowest BCUT2D eigenvalue weighted by atomic mass is 10.2. The molecule has 3 heteroatoms. The van der Waals surface area contributed by atoms with E-state index in [1.165, 1.54) is 16.2 Å². The number of allylic oxidation sites excluding steroid dienone is 3. The van der Waals surface area contributed by atoms with Crippen LogP contribution in [0, 0.1) is 0 Å². The van der Waals surface area contributed by atoms with Gasteiger partial charge in [-0.3, -0.25) is 0 Å². The van der Waals surface area contributed by atoms with Crippen molar-refractivity contribution in [2.75, 3.05) is 13.1 Å². The molecule has 1 aliphatic rings. The molecule has 124 valence electrons. The van der Waals surface area contributed by atoms with E-state index in [9.17, 15) is 0 Å². The predicted molar refractivity (Wildman–Crippen MR) is 104 cm³/mol. The maximum atomic E-state index is 6.45. The number of hydrogen-bond donors (Lipinski definition) is 1. The van der Waals surface area contributed by atoms with E-state index in [-0.39, 0.29) is 6.10 Å². The van der Waals surface area contributed by atoms with Crippen LogP contribution in [0.1, 0.15) is 13.3 Å². The molecule has 0 aliphatic heterocycles. The molecule has 0 aromatic heterocycles. The fourth-order valence-corrected chi connectivity index (χ4v) is 4.54. The summed E-state index contributed by atoms with van der Waals surface area (Å²) in [6, 6.07) is 21.1. The molecule has 1 atom stereocenters. The lowest BCUT2D eigenvalue weighted by Crippen LogP contribution is -2.29. The average Bonchev–Trinajstić information content (AvgIpc) is 3.15. The fraction of sp³-hybridized carbons (Fsp3) is 0.238. The van der Waals surface area contributed by atoms with Gasteiger partial charge in [-0.2, -0.15) is 0 Å². The molecule has 0 heterocycles. The third-order valence-electron chi connectivity index (χ3n) is 3.90. The molecule has 0 spiro atoms. The van der Waals surface area contributed by atoms with Gasteiger partial charge in [-0.15, -0.1) is 0 Å². The molecule has 0 saturated carbocycles. The van der Waals surface area contributed by atoms with Gasteiger partial charge in [0.05, 0.1) is 14.3 Å². The third kappa shape index (κ3) is 4.88. The van der Waals surface area contributed by atoms with Crippen LogP contribution in [0.2, 0.25) is 0 Å². The van der Waals surface area contributed by atoms with Gasteiger partial charge in [-0.1, -0.05) is 84.5 Å².